The summed E-state index contributed by atoms with van der Waals surface area (Å²) in [5.74, 6) is 0.670. The van der Waals surface area contributed by atoms with Gasteiger partial charge in [-0.1, -0.05) is 205 Å². The van der Waals surface area contributed by atoms with Crippen molar-refractivity contribution in [1.82, 2.24) is 9.55 Å². The monoisotopic (exact) mass is 593 g/mol. The Morgan fingerprint density at radius 1 is 0.488 bits per heavy atom. The number of unbranched alkanes of at least 4 members (excludes halogenated alkanes) is 25. The van der Waals surface area contributed by atoms with Crippen molar-refractivity contribution in [3.8, 4) is 5.69 Å². The first-order valence-electron chi connectivity index (χ1n) is 19.4. The maximum atomic E-state index is 4.34. The van der Waals surface area contributed by atoms with Gasteiger partial charge in [0, 0.05) is 18.1 Å². The van der Waals surface area contributed by atoms with Gasteiger partial charge in [-0.15, -0.1) is 0 Å². The molecule has 2 rings (SSSR count). The summed E-state index contributed by atoms with van der Waals surface area (Å²) in [4.78, 5) is 4.34. The Kier molecular flexibility index (Phi) is 24.4. The quantitative estimate of drug-likeness (QED) is 0.0796. The van der Waals surface area contributed by atoms with Crippen molar-refractivity contribution in [2.24, 2.45) is 0 Å². The van der Waals surface area contributed by atoms with Gasteiger partial charge in [0.05, 0.1) is 6.33 Å². The first kappa shape index (κ1) is 37.6. The topological polar surface area (TPSA) is 17.8 Å². The van der Waals surface area contributed by atoms with E-state index in [0.717, 1.165) is 0 Å². The normalized spacial score (nSPS) is 12.2. The molecular weight excluding hydrogens is 520 g/mol. The van der Waals surface area contributed by atoms with Crippen LogP contribution in [0.2, 0.25) is 0 Å². The fourth-order valence-electron chi connectivity index (χ4n) is 6.92. The maximum Gasteiger partial charge on any atom is 0.0991 e. The van der Waals surface area contributed by atoms with Gasteiger partial charge in [-0.3, -0.25) is 0 Å². The Hall–Kier alpha value is -1.57. The molecule has 0 radical (unpaired) electrons. The van der Waals surface area contributed by atoms with Crippen molar-refractivity contribution in [1.29, 1.82) is 0 Å². The minimum Gasteiger partial charge on any atom is -0.306 e. The van der Waals surface area contributed by atoms with Crippen LogP contribution >= 0.6 is 0 Å². The van der Waals surface area contributed by atoms with Gasteiger partial charge < -0.3 is 4.57 Å². The minimum absolute atomic E-state index is 0.670. The maximum absolute atomic E-state index is 4.34. The Morgan fingerprint density at radius 2 is 0.860 bits per heavy atom. The molecule has 1 heterocycles. The fraction of sp³-hybridized carbons (Fsp3) is 0.780. The van der Waals surface area contributed by atoms with Crippen LogP contribution in [0.15, 0.2) is 43.0 Å². The highest BCUT2D eigenvalue weighted by Crippen LogP contribution is 2.33. The fourth-order valence-corrected chi connectivity index (χ4v) is 6.92. The van der Waals surface area contributed by atoms with E-state index in [1.54, 1.807) is 0 Å². The van der Waals surface area contributed by atoms with Crippen LogP contribution in [0.3, 0.4) is 0 Å². The molecule has 0 fully saturated rings. The minimum atomic E-state index is 0.670. The highest BCUT2D eigenvalue weighted by molar-refractivity contribution is 5.43. The summed E-state index contributed by atoms with van der Waals surface area (Å²) in [6, 6.07) is 9.12. The average molecular weight is 593 g/mol. The van der Waals surface area contributed by atoms with Gasteiger partial charge in [0.15, 0.2) is 0 Å². The number of imidazole rings is 1. The van der Waals surface area contributed by atoms with E-state index in [4.69, 9.17) is 0 Å². The molecule has 1 aromatic carbocycles. The summed E-state index contributed by atoms with van der Waals surface area (Å²) < 4.78 is 2.22. The molecule has 0 saturated carbocycles. The second kappa shape index (κ2) is 27.9. The standard InChI is InChI=1S/C41H72N2/c1-3-5-7-9-11-13-15-17-18-19-21-23-25-27-29-33-39(40-34-30-31-35-41(40)43-37-36-42-38-43)32-28-26-24-22-20-16-14-12-10-8-6-4-2/h30-31,34-39H,3-29,32-33H2,1-2H3. The summed E-state index contributed by atoms with van der Waals surface area (Å²) in [5.41, 5.74) is 2.87. The lowest BCUT2D eigenvalue weighted by atomic mass is 9.87. The van der Waals surface area contributed by atoms with Gasteiger partial charge in [0.2, 0.25) is 0 Å². The second-order valence-corrected chi connectivity index (χ2v) is 13.6. The number of nitrogens with zero attached hydrogens (tertiary/aromatic N) is 2. The van der Waals surface area contributed by atoms with Crippen LogP contribution in [0, 0.1) is 0 Å². The summed E-state index contributed by atoms with van der Waals surface area (Å²) in [6.45, 7) is 4.61. The third-order valence-electron chi connectivity index (χ3n) is 9.72. The summed E-state index contributed by atoms with van der Waals surface area (Å²) in [7, 11) is 0. The van der Waals surface area contributed by atoms with Crippen molar-refractivity contribution in [3.63, 3.8) is 0 Å². The van der Waals surface area contributed by atoms with Crippen molar-refractivity contribution >= 4 is 0 Å². The zero-order chi connectivity index (χ0) is 30.5. The number of hydrogen-bond donors (Lipinski definition) is 0. The molecule has 43 heavy (non-hydrogen) atoms. The molecule has 2 nitrogen and oxygen atoms in total. The van der Waals surface area contributed by atoms with Crippen LogP contribution < -0.4 is 0 Å². The van der Waals surface area contributed by atoms with Gasteiger partial charge in [0.1, 0.15) is 0 Å². The molecule has 1 aromatic heterocycles. The van der Waals surface area contributed by atoms with E-state index in [-0.39, 0.29) is 0 Å². The number of para-hydroxylation sites is 1. The Balaban J connectivity index is 1.62. The number of hydrogen-bond acceptors (Lipinski definition) is 1. The van der Waals surface area contributed by atoms with Gasteiger partial charge in [-0.25, -0.2) is 4.98 Å². The molecule has 0 spiro atoms. The summed E-state index contributed by atoms with van der Waals surface area (Å²) in [6.07, 6.45) is 47.3. The van der Waals surface area contributed by atoms with Crippen molar-refractivity contribution < 1.29 is 0 Å². The van der Waals surface area contributed by atoms with E-state index < -0.39 is 0 Å². The van der Waals surface area contributed by atoms with E-state index in [0.29, 0.717) is 5.92 Å². The van der Waals surface area contributed by atoms with Crippen LogP contribution in [-0.2, 0) is 0 Å². The van der Waals surface area contributed by atoms with E-state index in [2.05, 4.69) is 53.9 Å². The Morgan fingerprint density at radius 3 is 1.23 bits per heavy atom. The second-order valence-electron chi connectivity index (χ2n) is 13.6. The number of aromatic nitrogens is 2. The molecule has 0 N–H and O–H groups in total. The summed E-state index contributed by atoms with van der Waals surface area (Å²) in [5, 5.41) is 0. The molecule has 1 atom stereocenters. The van der Waals surface area contributed by atoms with E-state index in [9.17, 15) is 0 Å². The van der Waals surface area contributed by atoms with Crippen LogP contribution in [0.25, 0.3) is 5.69 Å². The lowest BCUT2D eigenvalue weighted by molar-refractivity contribution is 0.479. The van der Waals surface area contributed by atoms with E-state index in [1.807, 2.05) is 12.5 Å². The number of rotatable bonds is 31. The molecule has 1 unspecified atom stereocenters. The van der Waals surface area contributed by atoms with Crippen LogP contribution in [0.4, 0.5) is 0 Å². The largest absolute Gasteiger partial charge is 0.306 e. The molecule has 0 aliphatic rings. The van der Waals surface area contributed by atoms with E-state index >= 15 is 0 Å². The molecule has 0 saturated heterocycles. The highest BCUT2D eigenvalue weighted by atomic mass is 15.0. The first-order chi connectivity index (χ1) is 21.4. The van der Waals surface area contributed by atoms with Gasteiger partial charge in [-0.05, 0) is 30.4 Å². The lowest BCUT2D eigenvalue weighted by Gasteiger charge is -2.21. The zero-order valence-electron chi connectivity index (χ0n) is 29.0. The predicted octanol–water partition coefficient (Wildman–Crippen LogP) is 14.3. The molecule has 0 bridgehead atoms. The zero-order valence-corrected chi connectivity index (χ0v) is 29.0. The smallest absolute Gasteiger partial charge is 0.0991 e. The van der Waals surface area contributed by atoms with Crippen molar-refractivity contribution in [2.75, 3.05) is 0 Å². The lowest BCUT2D eigenvalue weighted by Crippen LogP contribution is -2.05. The van der Waals surface area contributed by atoms with E-state index in [1.165, 1.54) is 197 Å². The SMILES string of the molecule is CCCCCCCCCCCCCCCCCC(CCCCCCCCCCCCCC)c1ccccc1-n1ccnc1. The molecule has 0 amide bonds. The molecule has 0 aliphatic heterocycles. The van der Waals surface area contributed by atoms with Gasteiger partial charge in [0.25, 0.3) is 0 Å². The van der Waals surface area contributed by atoms with Crippen molar-refractivity contribution in [3.05, 3.63) is 48.5 Å². The predicted molar refractivity (Wildman–Crippen MR) is 192 cm³/mol. The number of benzene rings is 1. The van der Waals surface area contributed by atoms with Crippen LogP contribution in [-0.4, -0.2) is 9.55 Å². The van der Waals surface area contributed by atoms with Crippen LogP contribution in [0.1, 0.15) is 212 Å². The molecule has 246 valence electrons. The van der Waals surface area contributed by atoms with Crippen LogP contribution in [0.5, 0.6) is 0 Å². The molecule has 2 heteroatoms. The Bertz CT molecular complexity index is 826. The average Bonchev–Trinajstić information content (AvgIpc) is 3.57. The van der Waals surface area contributed by atoms with Gasteiger partial charge in [-0.2, -0.15) is 0 Å². The molecule has 2 aromatic rings. The third-order valence-corrected chi connectivity index (χ3v) is 9.72. The van der Waals surface area contributed by atoms with Gasteiger partial charge >= 0.3 is 0 Å². The molecular formula is C41H72N2. The first-order valence-corrected chi connectivity index (χ1v) is 19.4. The van der Waals surface area contributed by atoms with Crippen molar-refractivity contribution in [2.45, 2.75) is 206 Å². The highest BCUT2D eigenvalue weighted by Gasteiger charge is 2.16. The molecule has 0 aliphatic carbocycles. The summed E-state index contributed by atoms with van der Waals surface area (Å²) >= 11 is 0. The third kappa shape index (κ3) is 19.4. The Labute approximate surface area is 269 Å².